The molecule has 0 radical (unpaired) electrons. The van der Waals surface area contributed by atoms with Gasteiger partial charge in [0.1, 0.15) is 5.69 Å². The van der Waals surface area contributed by atoms with Gasteiger partial charge in [0.05, 0.1) is 12.3 Å². The fourth-order valence-electron chi connectivity index (χ4n) is 2.89. The van der Waals surface area contributed by atoms with Crippen molar-refractivity contribution in [2.75, 3.05) is 20.3 Å². The van der Waals surface area contributed by atoms with Gasteiger partial charge in [-0.1, -0.05) is 41.4 Å². The number of hydrogen-bond donors (Lipinski definition) is 1. The predicted octanol–water partition coefficient (Wildman–Crippen LogP) is 3.16. The molecule has 1 N–H and O–H groups in total. The van der Waals surface area contributed by atoms with Gasteiger partial charge in [0.2, 0.25) is 5.65 Å². The maximum Gasteiger partial charge on any atom is 0.295 e. The van der Waals surface area contributed by atoms with Crippen molar-refractivity contribution in [2.24, 2.45) is 0 Å². The van der Waals surface area contributed by atoms with Crippen LogP contribution in [0.4, 0.5) is 0 Å². The first-order valence-electron chi connectivity index (χ1n) is 9.20. The number of carbonyl (C=O) groups excluding carboxylic acids is 1. The summed E-state index contributed by atoms with van der Waals surface area (Å²) in [5.74, 6) is -0.361. The smallest absolute Gasteiger partial charge is 0.295 e. The zero-order valence-corrected chi connectivity index (χ0v) is 17.4. The van der Waals surface area contributed by atoms with Crippen molar-refractivity contribution in [1.29, 1.82) is 0 Å². The number of hydrogen-bond acceptors (Lipinski definition) is 4. The van der Waals surface area contributed by atoms with Gasteiger partial charge in [-0.2, -0.15) is 0 Å². The van der Waals surface area contributed by atoms with Crippen LogP contribution in [0.25, 0.3) is 16.9 Å². The van der Waals surface area contributed by atoms with Crippen LogP contribution in [0.1, 0.15) is 24.3 Å². The van der Waals surface area contributed by atoms with E-state index in [9.17, 15) is 9.59 Å². The van der Waals surface area contributed by atoms with Crippen LogP contribution in [0.5, 0.6) is 0 Å². The standard InChI is InChI=1S/C21H23ClN4O3/c1-14(2)8-10-26-18(15-6-4-5-7-16(15)22)13-25-12-17(24-19(25)21(26)28)20(27)23-9-11-29-3/h4-8,12-13H,9-11H2,1-3H3,(H,23,27). The number of carbonyl (C=O) groups is 1. The van der Waals surface area contributed by atoms with E-state index in [4.69, 9.17) is 16.3 Å². The molecule has 0 saturated heterocycles. The van der Waals surface area contributed by atoms with Crippen LogP contribution < -0.4 is 10.9 Å². The molecular weight excluding hydrogens is 392 g/mol. The highest BCUT2D eigenvalue weighted by Crippen LogP contribution is 2.27. The minimum atomic E-state index is -0.361. The molecule has 29 heavy (non-hydrogen) atoms. The highest BCUT2D eigenvalue weighted by atomic mass is 35.5. The second-order valence-electron chi connectivity index (χ2n) is 6.80. The molecule has 3 rings (SSSR count). The summed E-state index contributed by atoms with van der Waals surface area (Å²) >= 11 is 6.39. The Morgan fingerprint density at radius 1 is 1.28 bits per heavy atom. The lowest BCUT2D eigenvalue weighted by Crippen LogP contribution is -2.27. The first kappa shape index (κ1) is 20.8. The van der Waals surface area contributed by atoms with E-state index in [0.29, 0.717) is 30.4 Å². The number of amides is 1. The molecule has 0 bridgehead atoms. The quantitative estimate of drug-likeness (QED) is 0.476. The third-order valence-corrected chi connectivity index (χ3v) is 4.71. The van der Waals surface area contributed by atoms with Crippen LogP contribution in [-0.2, 0) is 11.3 Å². The van der Waals surface area contributed by atoms with Crippen LogP contribution in [0, 0.1) is 0 Å². The van der Waals surface area contributed by atoms with Crippen LogP contribution in [0.3, 0.4) is 0 Å². The number of aromatic nitrogens is 3. The van der Waals surface area contributed by atoms with Gasteiger partial charge >= 0.3 is 0 Å². The molecule has 0 aliphatic carbocycles. The molecule has 7 nitrogen and oxygen atoms in total. The SMILES string of the molecule is COCCNC(=O)c1cn2cc(-c3ccccc3Cl)n(CC=C(C)C)c(=O)c2n1. The fourth-order valence-corrected chi connectivity index (χ4v) is 3.12. The first-order valence-corrected chi connectivity index (χ1v) is 9.58. The molecule has 0 atom stereocenters. The summed E-state index contributed by atoms with van der Waals surface area (Å²) in [6, 6.07) is 7.34. The van der Waals surface area contributed by atoms with E-state index in [0.717, 1.165) is 11.1 Å². The average molecular weight is 415 g/mol. The molecule has 1 aromatic carbocycles. The number of ether oxygens (including phenoxy) is 1. The summed E-state index contributed by atoms with van der Waals surface area (Å²) in [6.07, 6.45) is 5.28. The maximum absolute atomic E-state index is 13.2. The Balaban J connectivity index is 2.14. The van der Waals surface area contributed by atoms with Gasteiger partial charge in [0.15, 0.2) is 0 Å². The van der Waals surface area contributed by atoms with Crippen molar-refractivity contribution in [3.05, 3.63) is 69.4 Å². The third-order valence-electron chi connectivity index (χ3n) is 4.38. The van der Waals surface area contributed by atoms with Crippen LogP contribution in [-0.4, -0.2) is 40.1 Å². The van der Waals surface area contributed by atoms with E-state index < -0.39 is 0 Å². The zero-order chi connectivity index (χ0) is 21.0. The Hall–Kier alpha value is -2.90. The third kappa shape index (κ3) is 4.58. The van der Waals surface area contributed by atoms with Crippen molar-refractivity contribution in [2.45, 2.75) is 20.4 Å². The molecule has 0 saturated carbocycles. The summed E-state index contributed by atoms with van der Waals surface area (Å²) in [5, 5.41) is 3.25. The topological polar surface area (TPSA) is 77.6 Å². The minimum absolute atomic E-state index is 0.170. The summed E-state index contributed by atoms with van der Waals surface area (Å²) < 4.78 is 8.12. The van der Waals surface area contributed by atoms with Gasteiger partial charge in [-0.3, -0.25) is 18.6 Å². The van der Waals surface area contributed by atoms with Gasteiger partial charge in [-0.15, -0.1) is 0 Å². The number of nitrogens with zero attached hydrogens (tertiary/aromatic N) is 3. The number of methoxy groups -OCH3 is 1. The van der Waals surface area contributed by atoms with E-state index in [1.165, 1.54) is 0 Å². The van der Waals surface area contributed by atoms with Gasteiger partial charge in [0, 0.05) is 43.2 Å². The summed E-state index contributed by atoms with van der Waals surface area (Å²) in [6.45, 7) is 5.07. The largest absolute Gasteiger partial charge is 0.383 e. The molecule has 1 amide bonds. The Morgan fingerprint density at radius 3 is 2.72 bits per heavy atom. The Morgan fingerprint density at radius 2 is 2.03 bits per heavy atom. The molecule has 0 aliphatic rings. The van der Waals surface area contributed by atoms with E-state index >= 15 is 0 Å². The lowest BCUT2D eigenvalue weighted by Gasteiger charge is -2.13. The number of allylic oxidation sites excluding steroid dienone is 2. The van der Waals surface area contributed by atoms with Crippen molar-refractivity contribution in [3.63, 3.8) is 0 Å². The summed E-state index contributed by atoms with van der Waals surface area (Å²) in [5.41, 5.74) is 2.52. The van der Waals surface area contributed by atoms with Crippen molar-refractivity contribution in [3.8, 4) is 11.3 Å². The average Bonchev–Trinajstić information content (AvgIpc) is 3.12. The Bertz CT molecular complexity index is 1130. The van der Waals surface area contributed by atoms with E-state index in [-0.39, 0.29) is 22.8 Å². The predicted molar refractivity (Wildman–Crippen MR) is 114 cm³/mol. The second-order valence-corrected chi connectivity index (χ2v) is 7.20. The van der Waals surface area contributed by atoms with Crippen LogP contribution in [0.2, 0.25) is 5.02 Å². The Kier molecular flexibility index (Phi) is 6.51. The molecule has 152 valence electrons. The molecule has 3 aromatic rings. The van der Waals surface area contributed by atoms with Crippen molar-refractivity contribution >= 4 is 23.2 Å². The van der Waals surface area contributed by atoms with Crippen molar-refractivity contribution < 1.29 is 9.53 Å². The molecule has 0 aliphatic heterocycles. The van der Waals surface area contributed by atoms with E-state index in [1.54, 1.807) is 34.5 Å². The lowest BCUT2D eigenvalue weighted by molar-refractivity contribution is 0.0932. The number of halogens is 1. The molecule has 8 heteroatoms. The monoisotopic (exact) mass is 414 g/mol. The summed E-state index contributed by atoms with van der Waals surface area (Å²) in [7, 11) is 1.56. The number of rotatable bonds is 7. The molecular formula is C21H23ClN4O3. The second kappa shape index (κ2) is 9.07. The van der Waals surface area contributed by atoms with Crippen LogP contribution in [0.15, 0.2) is 53.1 Å². The summed E-state index contributed by atoms with van der Waals surface area (Å²) in [4.78, 5) is 29.8. The highest BCUT2D eigenvalue weighted by Gasteiger charge is 2.17. The van der Waals surface area contributed by atoms with Gasteiger partial charge in [0.25, 0.3) is 11.5 Å². The number of benzene rings is 1. The highest BCUT2D eigenvalue weighted by molar-refractivity contribution is 6.33. The molecule has 0 fully saturated rings. The Labute approximate surface area is 173 Å². The maximum atomic E-state index is 13.2. The van der Waals surface area contributed by atoms with Gasteiger partial charge in [-0.05, 0) is 19.9 Å². The first-order chi connectivity index (χ1) is 13.9. The fraction of sp³-hybridized carbons (Fsp3) is 0.286. The number of nitrogens with one attached hydrogen (secondary N) is 1. The zero-order valence-electron chi connectivity index (χ0n) is 16.6. The number of fused-ring (bicyclic) bond motifs is 1. The van der Waals surface area contributed by atoms with Gasteiger partial charge in [-0.25, -0.2) is 4.98 Å². The van der Waals surface area contributed by atoms with E-state index in [1.807, 2.05) is 38.1 Å². The van der Waals surface area contributed by atoms with E-state index in [2.05, 4.69) is 10.3 Å². The molecule has 2 aromatic heterocycles. The molecule has 0 spiro atoms. The normalized spacial score (nSPS) is 10.9. The van der Waals surface area contributed by atoms with Gasteiger partial charge < -0.3 is 10.1 Å². The number of imidazole rings is 1. The van der Waals surface area contributed by atoms with Crippen LogP contribution >= 0.6 is 11.6 Å². The minimum Gasteiger partial charge on any atom is -0.383 e. The molecule has 0 unspecified atom stereocenters. The molecule has 2 heterocycles. The lowest BCUT2D eigenvalue weighted by atomic mass is 10.1. The van der Waals surface area contributed by atoms with Crippen molar-refractivity contribution in [1.82, 2.24) is 19.3 Å².